The van der Waals surface area contributed by atoms with Crippen molar-refractivity contribution in [1.82, 2.24) is 19.9 Å². The molecule has 0 saturated carbocycles. The molecule has 6 rings (SSSR count). The Balaban J connectivity index is 0.000000281. The first-order valence-corrected chi connectivity index (χ1v) is 15.3. The molecule has 0 atom stereocenters. The van der Waals surface area contributed by atoms with E-state index < -0.39 is 54.0 Å². The molecule has 0 unspecified atom stereocenters. The van der Waals surface area contributed by atoms with Crippen LogP contribution in [0, 0.1) is 35.4 Å². The fraction of sp³-hybridized carbons (Fsp3) is 0.111. The maximum absolute atomic E-state index is 13.3. The second-order valence-electron chi connectivity index (χ2n) is 10.6. The molecule has 0 amide bonds. The smallest absolute Gasteiger partial charge is 0.497 e. The van der Waals surface area contributed by atoms with Crippen LogP contribution in [0.4, 0.5) is 61.2 Å². The summed E-state index contributed by atoms with van der Waals surface area (Å²) in [4.78, 5) is 15.5. The number of hydrogen-bond donors (Lipinski definition) is 0. The number of halogens is 14. The Morgan fingerprint density at radius 3 is 1.12 bits per heavy atom. The third-order valence-electron chi connectivity index (χ3n) is 6.61. The molecular formula is C36H22BF14IrN4O2. The molecule has 58 heavy (non-hydrogen) atoms. The van der Waals surface area contributed by atoms with Crippen LogP contribution in [0.1, 0.15) is 11.1 Å². The van der Waals surface area contributed by atoms with Crippen LogP contribution in [0.25, 0.3) is 33.9 Å². The third-order valence-corrected chi connectivity index (χ3v) is 6.61. The molecule has 0 aliphatic rings. The van der Waals surface area contributed by atoms with E-state index in [0.29, 0.717) is 24.5 Å². The van der Waals surface area contributed by atoms with Crippen LogP contribution in [0.3, 0.4) is 0 Å². The van der Waals surface area contributed by atoms with E-state index >= 15 is 0 Å². The van der Waals surface area contributed by atoms with Crippen molar-refractivity contribution in [3.8, 4) is 45.4 Å². The predicted octanol–water partition coefficient (Wildman–Crippen LogP) is 11.1. The number of benzene rings is 2. The summed E-state index contributed by atoms with van der Waals surface area (Å²) < 4.78 is 175. The zero-order chi connectivity index (χ0) is 42.6. The molecular weight excluding hydrogens is 989 g/mol. The van der Waals surface area contributed by atoms with Crippen molar-refractivity contribution in [2.75, 3.05) is 14.2 Å². The minimum atomic E-state index is -6.00. The van der Waals surface area contributed by atoms with Crippen molar-refractivity contribution in [3.63, 3.8) is 0 Å². The predicted molar refractivity (Wildman–Crippen MR) is 178 cm³/mol. The van der Waals surface area contributed by atoms with Crippen molar-refractivity contribution in [2.24, 2.45) is 0 Å². The Hall–Kier alpha value is -5.63. The first-order valence-electron chi connectivity index (χ1n) is 15.3. The molecule has 0 fully saturated rings. The molecule has 4 heterocycles. The second-order valence-corrected chi connectivity index (χ2v) is 10.6. The molecule has 0 saturated heterocycles. The topological polar surface area (TPSA) is 70.0 Å². The number of alkyl halides is 6. The fourth-order valence-corrected chi connectivity index (χ4v) is 4.06. The number of aromatic nitrogens is 4. The van der Waals surface area contributed by atoms with Crippen LogP contribution in [0.2, 0.25) is 0 Å². The molecule has 22 heteroatoms. The summed E-state index contributed by atoms with van der Waals surface area (Å²) in [6.07, 6.45) is -4.45. The van der Waals surface area contributed by atoms with Crippen LogP contribution >= 0.6 is 0 Å². The van der Waals surface area contributed by atoms with Gasteiger partial charge in [0.05, 0.1) is 36.7 Å². The van der Waals surface area contributed by atoms with E-state index in [2.05, 4.69) is 32.1 Å². The fourth-order valence-electron chi connectivity index (χ4n) is 4.06. The molecule has 0 spiro atoms. The van der Waals surface area contributed by atoms with Gasteiger partial charge in [0.1, 0.15) is 11.5 Å². The second kappa shape index (κ2) is 21.2. The van der Waals surface area contributed by atoms with E-state index in [1.807, 2.05) is 12.1 Å². The largest absolute Gasteiger partial charge is 3.00 e. The van der Waals surface area contributed by atoms with Crippen LogP contribution < -0.4 is 9.47 Å². The van der Waals surface area contributed by atoms with Gasteiger partial charge < -0.3 is 36.7 Å². The maximum Gasteiger partial charge on any atom is 3.00 e. The van der Waals surface area contributed by atoms with Gasteiger partial charge in [-0.3, -0.25) is 27.5 Å². The van der Waals surface area contributed by atoms with Gasteiger partial charge in [-0.2, -0.15) is 26.3 Å². The van der Waals surface area contributed by atoms with E-state index in [-0.39, 0.29) is 42.6 Å². The summed E-state index contributed by atoms with van der Waals surface area (Å²) in [5.41, 5.74) is -0.782. The molecule has 0 aliphatic carbocycles. The molecule has 6 aromatic rings. The van der Waals surface area contributed by atoms with Crippen LogP contribution in [-0.2, 0) is 32.5 Å². The summed E-state index contributed by atoms with van der Waals surface area (Å²) >= 11 is 0. The van der Waals surface area contributed by atoms with Gasteiger partial charge in [0.25, 0.3) is 0 Å². The SMILES string of the molecule is COc1ccnc(-c2cc(OC)ccn2)c1.F[B-](F)(F)F.Fc1c[c-]c(-c2ccc(C(F)(F)F)cn2)c(F)c1.Fc1c[c-]c(-c2ccc(C(F)(F)F)cn2)c(F)c1.[Ir+3]. The molecule has 4 aromatic heterocycles. The Bertz CT molecular complexity index is 2050. The summed E-state index contributed by atoms with van der Waals surface area (Å²) in [5, 5.41) is 0. The van der Waals surface area contributed by atoms with E-state index in [1.165, 1.54) is 0 Å². The molecule has 0 aliphatic heterocycles. The zero-order valence-electron chi connectivity index (χ0n) is 29.0. The molecule has 0 radical (unpaired) electrons. The first-order chi connectivity index (χ1) is 26.6. The van der Waals surface area contributed by atoms with E-state index in [9.17, 15) is 61.2 Å². The van der Waals surface area contributed by atoms with Crippen LogP contribution in [0.15, 0.2) is 97.6 Å². The van der Waals surface area contributed by atoms with Gasteiger partial charge in [0.2, 0.25) is 0 Å². The van der Waals surface area contributed by atoms with Crippen molar-refractivity contribution in [3.05, 3.63) is 144 Å². The zero-order valence-corrected chi connectivity index (χ0v) is 31.4. The Morgan fingerprint density at radius 1 is 0.517 bits per heavy atom. The number of methoxy groups -OCH3 is 2. The van der Waals surface area contributed by atoms with Crippen molar-refractivity contribution in [1.29, 1.82) is 0 Å². The minimum absolute atomic E-state index is 0. The molecule has 308 valence electrons. The summed E-state index contributed by atoms with van der Waals surface area (Å²) in [6, 6.07) is 18.4. The monoisotopic (exact) mass is 1010 g/mol. The summed E-state index contributed by atoms with van der Waals surface area (Å²) in [6.45, 7) is 0. The van der Waals surface area contributed by atoms with Crippen molar-refractivity contribution < 1.29 is 90.7 Å². The van der Waals surface area contributed by atoms with E-state index in [1.54, 1.807) is 38.7 Å². The molecule has 6 nitrogen and oxygen atoms in total. The quantitative estimate of drug-likeness (QED) is 0.0974. The van der Waals surface area contributed by atoms with Crippen molar-refractivity contribution in [2.45, 2.75) is 12.4 Å². The third kappa shape index (κ3) is 15.7. The number of hydrogen-bond acceptors (Lipinski definition) is 6. The Kier molecular flexibility index (Phi) is 17.8. The van der Waals surface area contributed by atoms with Gasteiger partial charge in [-0.1, -0.05) is 47.5 Å². The van der Waals surface area contributed by atoms with Crippen LogP contribution in [0.5, 0.6) is 11.5 Å². The minimum Gasteiger partial charge on any atom is -0.497 e. The van der Waals surface area contributed by atoms with Gasteiger partial charge in [-0.15, -0.1) is 24.3 Å². The average Bonchev–Trinajstić information content (AvgIpc) is 3.14. The maximum atomic E-state index is 13.3. The standard InChI is InChI=1S/2C12H5F5N.C12H12N2O2.BF4.Ir/c2*13-8-2-3-9(10(14)5-8)11-4-1-7(6-18-11)12(15,16)17;1-15-9-3-5-13-11(7-9)12-8-10(16-2)4-6-14-12;2-1(3,4)5;/h2*1-2,4-6H;3-8H,1-2H3;;/q2*-1;;-1;+3. The Morgan fingerprint density at radius 2 is 0.862 bits per heavy atom. The van der Waals surface area contributed by atoms with E-state index in [0.717, 1.165) is 59.3 Å². The average molecular weight is 1010 g/mol. The van der Waals surface area contributed by atoms with Crippen molar-refractivity contribution >= 4 is 7.25 Å². The number of pyridine rings is 4. The molecule has 0 N–H and O–H groups in total. The number of rotatable bonds is 5. The normalized spacial score (nSPS) is 11.0. The Labute approximate surface area is 333 Å². The number of nitrogens with zero attached hydrogens (tertiary/aromatic N) is 4. The van der Waals surface area contributed by atoms with Gasteiger partial charge in [-0.25, -0.2) is 0 Å². The van der Waals surface area contributed by atoms with Crippen LogP contribution in [-0.4, -0.2) is 41.4 Å². The summed E-state index contributed by atoms with van der Waals surface area (Å²) in [7, 11) is -2.75. The van der Waals surface area contributed by atoms with Gasteiger partial charge in [0.15, 0.2) is 0 Å². The summed E-state index contributed by atoms with van der Waals surface area (Å²) in [5.74, 6) is -1.97. The number of ether oxygens (including phenoxy) is 2. The molecule has 2 aromatic carbocycles. The van der Waals surface area contributed by atoms with Gasteiger partial charge in [-0.05, 0) is 23.5 Å². The van der Waals surface area contributed by atoms with Gasteiger partial charge >= 0.3 is 39.7 Å². The molecule has 0 bridgehead atoms. The first kappa shape index (κ1) is 48.5. The van der Waals surface area contributed by atoms with Gasteiger partial charge in [0, 0.05) is 60.2 Å². The van der Waals surface area contributed by atoms with E-state index in [4.69, 9.17) is 9.47 Å².